The lowest BCUT2D eigenvalue weighted by molar-refractivity contribution is 0.0330. The van der Waals surface area contributed by atoms with Crippen molar-refractivity contribution in [1.29, 1.82) is 0 Å². The summed E-state index contributed by atoms with van der Waals surface area (Å²) in [6, 6.07) is 4.78. The molecule has 1 saturated heterocycles. The molecule has 3 nitrogen and oxygen atoms in total. The maximum absolute atomic E-state index is 13.4. The van der Waals surface area contributed by atoms with Crippen LogP contribution in [0.15, 0.2) is 18.2 Å². The SMILES string of the molecule is NC[C@@H]1CNCCO[C@H]1c1ccc(Cl)c(F)c1. The molecule has 0 aromatic heterocycles. The first-order chi connectivity index (χ1) is 8.22. The smallest absolute Gasteiger partial charge is 0.142 e. The zero-order valence-corrected chi connectivity index (χ0v) is 10.2. The number of nitrogens with two attached hydrogens (primary N) is 1. The van der Waals surface area contributed by atoms with Gasteiger partial charge in [0, 0.05) is 19.0 Å². The van der Waals surface area contributed by atoms with Crippen molar-refractivity contribution >= 4 is 11.6 Å². The monoisotopic (exact) mass is 258 g/mol. The van der Waals surface area contributed by atoms with E-state index >= 15 is 0 Å². The molecule has 0 radical (unpaired) electrons. The molecule has 1 fully saturated rings. The lowest BCUT2D eigenvalue weighted by Gasteiger charge is -2.23. The van der Waals surface area contributed by atoms with Crippen LogP contribution in [0.5, 0.6) is 0 Å². The highest BCUT2D eigenvalue weighted by atomic mass is 35.5. The largest absolute Gasteiger partial charge is 0.372 e. The normalized spacial score (nSPS) is 25.6. The number of ether oxygens (including phenoxy) is 1. The van der Waals surface area contributed by atoms with Gasteiger partial charge in [0.2, 0.25) is 0 Å². The molecule has 0 unspecified atom stereocenters. The number of hydrogen-bond acceptors (Lipinski definition) is 3. The number of benzene rings is 1. The molecule has 1 aliphatic rings. The van der Waals surface area contributed by atoms with Crippen LogP contribution in [0.3, 0.4) is 0 Å². The van der Waals surface area contributed by atoms with Crippen LogP contribution in [0.1, 0.15) is 11.7 Å². The zero-order valence-electron chi connectivity index (χ0n) is 9.46. The van der Waals surface area contributed by atoms with Crippen LogP contribution in [-0.2, 0) is 4.74 Å². The van der Waals surface area contributed by atoms with Crippen LogP contribution in [0.2, 0.25) is 5.02 Å². The molecule has 0 amide bonds. The molecule has 17 heavy (non-hydrogen) atoms. The second-order valence-corrected chi connectivity index (χ2v) is 4.57. The zero-order chi connectivity index (χ0) is 12.3. The molecule has 1 aliphatic heterocycles. The molecule has 3 N–H and O–H groups in total. The fraction of sp³-hybridized carbons (Fsp3) is 0.500. The van der Waals surface area contributed by atoms with Gasteiger partial charge in [-0.25, -0.2) is 4.39 Å². The second-order valence-electron chi connectivity index (χ2n) is 4.16. The van der Waals surface area contributed by atoms with Crippen molar-refractivity contribution in [1.82, 2.24) is 5.32 Å². The van der Waals surface area contributed by atoms with E-state index in [1.54, 1.807) is 12.1 Å². The predicted octanol–water partition coefficient (Wildman–Crippen LogP) is 1.71. The summed E-state index contributed by atoms with van der Waals surface area (Å²) in [5.74, 6) is -0.265. The second kappa shape index (κ2) is 5.78. The van der Waals surface area contributed by atoms with E-state index in [1.165, 1.54) is 6.07 Å². The first-order valence-electron chi connectivity index (χ1n) is 5.69. The number of nitrogens with one attached hydrogen (secondary N) is 1. The van der Waals surface area contributed by atoms with Crippen LogP contribution in [0.25, 0.3) is 0 Å². The summed E-state index contributed by atoms with van der Waals surface area (Å²) < 4.78 is 19.2. The van der Waals surface area contributed by atoms with Gasteiger partial charge in [0.05, 0.1) is 17.7 Å². The number of halogens is 2. The summed E-state index contributed by atoms with van der Waals surface area (Å²) in [7, 11) is 0. The third-order valence-electron chi connectivity index (χ3n) is 2.99. The molecule has 1 aromatic rings. The number of rotatable bonds is 2. The molecule has 94 valence electrons. The van der Waals surface area contributed by atoms with Gasteiger partial charge in [0.25, 0.3) is 0 Å². The van der Waals surface area contributed by atoms with Gasteiger partial charge >= 0.3 is 0 Å². The maximum atomic E-state index is 13.4. The Morgan fingerprint density at radius 1 is 1.53 bits per heavy atom. The summed E-state index contributed by atoms with van der Waals surface area (Å²) in [6.45, 7) is 2.68. The first kappa shape index (κ1) is 12.8. The van der Waals surface area contributed by atoms with Gasteiger partial charge in [0.15, 0.2) is 0 Å². The van der Waals surface area contributed by atoms with Crippen molar-refractivity contribution in [3.05, 3.63) is 34.6 Å². The van der Waals surface area contributed by atoms with Gasteiger partial charge in [-0.1, -0.05) is 17.7 Å². The van der Waals surface area contributed by atoms with Gasteiger partial charge in [-0.2, -0.15) is 0 Å². The van der Waals surface area contributed by atoms with Crippen LogP contribution in [0.4, 0.5) is 4.39 Å². The van der Waals surface area contributed by atoms with E-state index in [1.807, 2.05) is 0 Å². The summed E-state index contributed by atoms with van der Waals surface area (Å²) >= 11 is 5.67. The fourth-order valence-corrected chi connectivity index (χ4v) is 2.17. The minimum Gasteiger partial charge on any atom is -0.372 e. The summed E-state index contributed by atoms with van der Waals surface area (Å²) in [4.78, 5) is 0. The molecule has 2 rings (SSSR count). The van der Waals surface area contributed by atoms with E-state index in [0.717, 1.165) is 18.7 Å². The molecular weight excluding hydrogens is 243 g/mol. The topological polar surface area (TPSA) is 47.3 Å². The Bertz CT molecular complexity index is 389. The highest BCUT2D eigenvalue weighted by molar-refractivity contribution is 6.30. The van der Waals surface area contributed by atoms with E-state index < -0.39 is 5.82 Å². The van der Waals surface area contributed by atoms with Crippen LogP contribution >= 0.6 is 11.6 Å². The predicted molar refractivity (Wildman–Crippen MR) is 65.5 cm³/mol. The molecule has 1 heterocycles. The molecule has 0 bridgehead atoms. The van der Waals surface area contributed by atoms with Crippen molar-refractivity contribution in [2.24, 2.45) is 11.7 Å². The average molecular weight is 259 g/mol. The van der Waals surface area contributed by atoms with E-state index in [4.69, 9.17) is 22.1 Å². The minimum atomic E-state index is -0.416. The van der Waals surface area contributed by atoms with Crippen molar-refractivity contribution in [3.63, 3.8) is 0 Å². The van der Waals surface area contributed by atoms with Crippen LogP contribution in [0, 0.1) is 11.7 Å². The molecule has 0 saturated carbocycles. The van der Waals surface area contributed by atoms with Crippen LogP contribution < -0.4 is 11.1 Å². The van der Waals surface area contributed by atoms with Gasteiger partial charge in [-0.3, -0.25) is 0 Å². The molecular formula is C12H16ClFN2O. The van der Waals surface area contributed by atoms with Gasteiger partial charge in [-0.05, 0) is 24.2 Å². The Labute approximate surface area is 105 Å². The average Bonchev–Trinajstić information content (AvgIpc) is 2.57. The van der Waals surface area contributed by atoms with E-state index in [9.17, 15) is 4.39 Å². The molecule has 0 aliphatic carbocycles. The molecule has 2 atom stereocenters. The molecule has 0 spiro atoms. The van der Waals surface area contributed by atoms with Gasteiger partial charge in [0.1, 0.15) is 5.82 Å². The maximum Gasteiger partial charge on any atom is 0.142 e. The van der Waals surface area contributed by atoms with E-state index in [2.05, 4.69) is 5.32 Å². The van der Waals surface area contributed by atoms with E-state index in [0.29, 0.717) is 13.2 Å². The third kappa shape index (κ3) is 2.96. The quantitative estimate of drug-likeness (QED) is 0.849. The van der Waals surface area contributed by atoms with Gasteiger partial charge < -0.3 is 15.8 Å². The summed E-state index contributed by atoms with van der Waals surface area (Å²) in [6.07, 6.45) is -0.165. The van der Waals surface area contributed by atoms with Crippen LogP contribution in [-0.4, -0.2) is 26.2 Å². The summed E-state index contributed by atoms with van der Waals surface area (Å²) in [5, 5.41) is 3.38. The standard InChI is InChI=1S/C12H16ClFN2O/c13-10-2-1-8(5-11(10)14)12-9(6-15)7-16-3-4-17-12/h1-2,5,9,12,16H,3-4,6-7,15H2/t9-,12+/m1/s1. The Morgan fingerprint density at radius 3 is 3.06 bits per heavy atom. The Kier molecular flexibility index (Phi) is 4.34. The van der Waals surface area contributed by atoms with Crippen molar-refractivity contribution in [3.8, 4) is 0 Å². The fourth-order valence-electron chi connectivity index (χ4n) is 2.05. The minimum absolute atomic E-state index is 0.129. The Balaban J connectivity index is 2.25. The highest BCUT2D eigenvalue weighted by Gasteiger charge is 2.25. The van der Waals surface area contributed by atoms with Crippen molar-refractivity contribution in [2.75, 3.05) is 26.2 Å². The van der Waals surface area contributed by atoms with E-state index in [-0.39, 0.29) is 17.0 Å². The van der Waals surface area contributed by atoms with Crippen molar-refractivity contribution < 1.29 is 9.13 Å². The lowest BCUT2D eigenvalue weighted by atomic mass is 9.95. The third-order valence-corrected chi connectivity index (χ3v) is 3.29. The highest BCUT2D eigenvalue weighted by Crippen LogP contribution is 2.29. The molecule has 1 aromatic carbocycles. The first-order valence-corrected chi connectivity index (χ1v) is 6.07. The molecule has 5 heteroatoms. The van der Waals surface area contributed by atoms with Crippen molar-refractivity contribution in [2.45, 2.75) is 6.10 Å². The Morgan fingerprint density at radius 2 is 2.35 bits per heavy atom. The Hall–Kier alpha value is -0.680. The summed E-state index contributed by atoms with van der Waals surface area (Å²) in [5.41, 5.74) is 6.53. The number of hydrogen-bond donors (Lipinski definition) is 2. The van der Waals surface area contributed by atoms with Gasteiger partial charge in [-0.15, -0.1) is 0 Å². The lowest BCUT2D eigenvalue weighted by Crippen LogP contribution is -2.30.